The summed E-state index contributed by atoms with van der Waals surface area (Å²) in [6, 6.07) is 23.0. The van der Waals surface area contributed by atoms with E-state index in [1.807, 2.05) is 54.6 Å². The quantitative estimate of drug-likeness (QED) is 0.642. The third kappa shape index (κ3) is 3.92. The van der Waals surface area contributed by atoms with Crippen LogP contribution >= 0.6 is 15.9 Å². The lowest BCUT2D eigenvalue weighted by molar-refractivity contribution is 0.0898. The van der Waals surface area contributed by atoms with Crippen LogP contribution in [0, 0.1) is 45.3 Å². The summed E-state index contributed by atoms with van der Waals surface area (Å²) >= 11 is 3.46. The van der Waals surface area contributed by atoms with Gasteiger partial charge in [-0.1, -0.05) is 64.5 Å². The Kier molecular flexibility index (Phi) is 6.41. The Balaban J connectivity index is 1.74. The second kappa shape index (κ2) is 9.43. The number of carbonyl (C=O) groups is 1. The molecule has 1 aliphatic carbocycles. The number of halogens is 1. The highest BCUT2D eigenvalue weighted by Gasteiger charge is 2.54. The SMILES string of the molecule is N#CC1=C(N)C(C#N)(C#N)[C@@H](c2cccc(Br)c2)[C@@H]2CN(C(=O)OCc3ccccc3)CC=C12. The monoisotopic (exact) mass is 513 g/mol. The largest absolute Gasteiger partial charge is 0.445 e. The lowest BCUT2D eigenvalue weighted by atomic mass is 9.58. The number of hydrogen-bond acceptors (Lipinski definition) is 6. The third-order valence-electron chi connectivity index (χ3n) is 6.34. The van der Waals surface area contributed by atoms with E-state index >= 15 is 0 Å². The van der Waals surface area contributed by atoms with E-state index in [-0.39, 0.29) is 31.0 Å². The Morgan fingerprint density at radius 2 is 1.88 bits per heavy atom. The van der Waals surface area contributed by atoms with Gasteiger partial charge in [-0.3, -0.25) is 0 Å². The predicted octanol–water partition coefficient (Wildman–Crippen LogP) is 4.51. The topological polar surface area (TPSA) is 127 Å². The van der Waals surface area contributed by atoms with E-state index in [9.17, 15) is 20.6 Å². The molecular weight excluding hydrogens is 494 g/mol. The number of fused-ring (bicyclic) bond motifs is 1. The van der Waals surface area contributed by atoms with Crippen molar-refractivity contribution in [3.05, 3.63) is 93.1 Å². The molecule has 4 rings (SSSR count). The van der Waals surface area contributed by atoms with Crippen LogP contribution in [-0.4, -0.2) is 24.1 Å². The van der Waals surface area contributed by atoms with Crippen LogP contribution < -0.4 is 5.73 Å². The molecule has 0 bridgehead atoms. The molecule has 7 nitrogen and oxygen atoms in total. The maximum absolute atomic E-state index is 12.9. The summed E-state index contributed by atoms with van der Waals surface area (Å²) in [4.78, 5) is 14.4. The fraction of sp³-hybridized carbons (Fsp3) is 0.231. The molecule has 2 aliphatic rings. The number of hydrogen-bond donors (Lipinski definition) is 1. The fourth-order valence-corrected chi connectivity index (χ4v) is 5.13. The minimum Gasteiger partial charge on any atom is -0.445 e. The molecule has 2 aromatic rings. The maximum atomic E-state index is 12.9. The molecule has 2 N–H and O–H groups in total. The molecule has 1 heterocycles. The molecule has 0 saturated carbocycles. The van der Waals surface area contributed by atoms with Crippen molar-refractivity contribution in [1.29, 1.82) is 15.8 Å². The van der Waals surface area contributed by atoms with Crippen LogP contribution in [-0.2, 0) is 11.3 Å². The lowest BCUT2D eigenvalue weighted by Crippen LogP contribution is -2.49. The lowest BCUT2D eigenvalue weighted by Gasteiger charge is -2.45. The Labute approximate surface area is 206 Å². The first kappa shape index (κ1) is 23.1. The number of ether oxygens (including phenoxy) is 1. The zero-order valence-electron chi connectivity index (χ0n) is 18.1. The predicted molar refractivity (Wildman–Crippen MR) is 127 cm³/mol. The number of rotatable bonds is 3. The summed E-state index contributed by atoms with van der Waals surface area (Å²) in [6.07, 6.45) is 1.26. The van der Waals surface area contributed by atoms with E-state index < -0.39 is 23.3 Å². The average Bonchev–Trinajstić information content (AvgIpc) is 2.87. The summed E-state index contributed by atoms with van der Waals surface area (Å²) in [6.45, 7) is 0.540. The van der Waals surface area contributed by atoms with Crippen LogP contribution in [0.15, 0.2) is 82.0 Å². The second-order valence-corrected chi connectivity index (χ2v) is 9.09. The zero-order chi connectivity index (χ0) is 24.3. The van der Waals surface area contributed by atoms with Crippen molar-refractivity contribution in [3.8, 4) is 18.2 Å². The average molecular weight is 514 g/mol. The van der Waals surface area contributed by atoms with Gasteiger partial charge in [0.2, 0.25) is 0 Å². The number of amides is 1. The molecule has 1 amide bonds. The van der Waals surface area contributed by atoms with Gasteiger partial charge < -0.3 is 15.4 Å². The normalized spacial score (nSPS) is 20.8. The van der Waals surface area contributed by atoms with Crippen LogP contribution in [0.25, 0.3) is 0 Å². The van der Waals surface area contributed by atoms with Gasteiger partial charge in [-0.25, -0.2) is 4.79 Å². The minimum absolute atomic E-state index is 0.0485. The van der Waals surface area contributed by atoms with E-state index in [0.717, 1.165) is 10.0 Å². The van der Waals surface area contributed by atoms with Gasteiger partial charge in [0.25, 0.3) is 0 Å². The number of nitrogens with two attached hydrogens (primary N) is 1. The van der Waals surface area contributed by atoms with Crippen LogP contribution in [0.3, 0.4) is 0 Å². The molecule has 2 aromatic carbocycles. The first-order chi connectivity index (χ1) is 16.4. The second-order valence-electron chi connectivity index (χ2n) is 8.18. The van der Waals surface area contributed by atoms with Gasteiger partial charge in [0.15, 0.2) is 5.41 Å². The van der Waals surface area contributed by atoms with Gasteiger partial charge >= 0.3 is 6.09 Å². The minimum atomic E-state index is -1.76. The summed E-state index contributed by atoms with van der Waals surface area (Å²) in [7, 11) is 0. The molecule has 0 radical (unpaired) electrons. The van der Waals surface area contributed by atoms with E-state index in [4.69, 9.17) is 10.5 Å². The van der Waals surface area contributed by atoms with Gasteiger partial charge in [0.05, 0.1) is 23.4 Å². The fourth-order valence-electron chi connectivity index (χ4n) is 4.72. The van der Waals surface area contributed by atoms with Crippen LogP contribution in [0.4, 0.5) is 4.79 Å². The van der Waals surface area contributed by atoms with Gasteiger partial charge in [-0.05, 0) is 28.8 Å². The van der Waals surface area contributed by atoms with E-state index in [2.05, 4.69) is 34.1 Å². The summed E-state index contributed by atoms with van der Waals surface area (Å²) < 4.78 is 6.29. The van der Waals surface area contributed by atoms with Crippen molar-refractivity contribution >= 4 is 22.0 Å². The molecule has 34 heavy (non-hydrogen) atoms. The molecule has 0 saturated heterocycles. The van der Waals surface area contributed by atoms with E-state index in [0.29, 0.717) is 11.1 Å². The molecule has 0 fully saturated rings. The first-order valence-electron chi connectivity index (χ1n) is 10.6. The number of benzene rings is 2. The highest BCUT2D eigenvalue weighted by molar-refractivity contribution is 9.10. The van der Waals surface area contributed by atoms with Crippen LogP contribution in [0.5, 0.6) is 0 Å². The summed E-state index contributed by atoms with van der Waals surface area (Å²) in [5.74, 6) is -1.18. The van der Waals surface area contributed by atoms with Gasteiger partial charge in [-0.2, -0.15) is 15.8 Å². The van der Waals surface area contributed by atoms with Crippen molar-refractivity contribution in [2.75, 3.05) is 13.1 Å². The molecule has 0 spiro atoms. The standard InChI is InChI=1S/C26H20BrN5O2/c27-19-8-4-7-18(11-19)23-22-13-32(25(33)34-14-17-5-2-1-3-6-17)10-9-20(22)21(12-28)24(31)26(23,15-29)16-30/h1-9,11,22-23H,10,13-14,31H2/t22-,23+/m1/s1. The van der Waals surface area contributed by atoms with Gasteiger partial charge in [0.1, 0.15) is 12.7 Å². The Morgan fingerprint density at radius 1 is 1.15 bits per heavy atom. The zero-order valence-corrected chi connectivity index (χ0v) is 19.7. The first-order valence-corrected chi connectivity index (χ1v) is 11.4. The summed E-state index contributed by atoms with van der Waals surface area (Å²) in [5.41, 5.74) is 6.88. The van der Waals surface area contributed by atoms with Crippen LogP contribution in [0.2, 0.25) is 0 Å². The summed E-state index contributed by atoms with van der Waals surface area (Å²) in [5, 5.41) is 30.2. The Hall–Kier alpha value is -4.06. The van der Waals surface area contributed by atoms with Gasteiger partial charge in [-0.15, -0.1) is 0 Å². The van der Waals surface area contributed by atoms with Crippen molar-refractivity contribution < 1.29 is 9.53 Å². The van der Waals surface area contributed by atoms with Crippen molar-refractivity contribution in [2.24, 2.45) is 17.1 Å². The molecule has 1 aliphatic heterocycles. The smallest absolute Gasteiger partial charge is 0.410 e. The molecular formula is C26H20BrN5O2. The number of nitriles is 3. The van der Waals surface area contributed by atoms with Crippen molar-refractivity contribution in [2.45, 2.75) is 12.5 Å². The maximum Gasteiger partial charge on any atom is 0.410 e. The molecule has 0 unspecified atom stereocenters. The Bertz CT molecular complexity index is 1300. The molecule has 2 atom stereocenters. The van der Waals surface area contributed by atoms with E-state index in [1.54, 1.807) is 6.08 Å². The van der Waals surface area contributed by atoms with Crippen LogP contribution in [0.1, 0.15) is 17.0 Å². The molecule has 168 valence electrons. The molecule has 0 aromatic heterocycles. The van der Waals surface area contributed by atoms with Crippen molar-refractivity contribution in [1.82, 2.24) is 4.90 Å². The third-order valence-corrected chi connectivity index (χ3v) is 6.83. The highest BCUT2D eigenvalue weighted by atomic mass is 79.9. The van der Waals surface area contributed by atoms with Gasteiger partial charge in [0, 0.05) is 29.4 Å². The molecule has 8 heteroatoms. The number of allylic oxidation sites excluding steroid dienone is 2. The number of nitrogens with zero attached hydrogens (tertiary/aromatic N) is 4. The number of carbonyl (C=O) groups excluding carboxylic acids is 1. The highest BCUT2D eigenvalue weighted by Crippen LogP contribution is 2.54. The van der Waals surface area contributed by atoms with E-state index in [1.165, 1.54) is 4.90 Å². The Morgan fingerprint density at radius 3 is 2.53 bits per heavy atom. The van der Waals surface area contributed by atoms with Crippen molar-refractivity contribution in [3.63, 3.8) is 0 Å².